The van der Waals surface area contributed by atoms with Gasteiger partial charge in [-0.3, -0.25) is 13.9 Å². The summed E-state index contributed by atoms with van der Waals surface area (Å²) < 4.78 is 7.09. The van der Waals surface area contributed by atoms with Gasteiger partial charge in [-0.2, -0.15) is 0 Å². The zero-order chi connectivity index (χ0) is 14.3. The summed E-state index contributed by atoms with van der Waals surface area (Å²) in [6.45, 7) is 0. The minimum Gasteiger partial charge on any atom is -0.363 e. The molecule has 0 aliphatic carbocycles. The number of rotatable bonds is 2. The summed E-state index contributed by atoms with van der Waals surface area (Å²) in [5.41, 5.74) is -0.0116. The van der Waals surface area contributed by atoms with Gasteiger partial charge in [0.15, 0.2) is 11.5 Å². The van der Waals surface area contributed by atoms with Crippen LogP contribution in [0.15, 0.2) is 38.7 Å². The fraction of sp³-hybridized carbons (Fsp3) is 0.167. The SMILES string of the molecule is Cn1c(=O)c2c(Nc3ccon3)ccnc2n(C)c1=O. The van der Waals surface area contributed by atoms with E-state index in [0.29, 0.717) is 22.5 Å². The van der Waals surface area contributed by atoms with E-state index in [0.717, 1.165) is 4.57 Å². The van der Waals surface area contributed by atoms with Crippen LogP contribution in [-0.4, -0.2) is 19.3 Å². The third-order valence-corrected chi connectivity index (χ3v) is 3.04. The molecule has 0 fully saturated rings. The summed E-state index contributed by atoms with van der Waals surface area (Å²) in [7, 11) is 2.99. The number of pyridine rings is 1. The van der Waals surface area contributed by atoms with Crippen molar-refractivity contribution in [2.45, 2.75) is 0 Å². The van der Waals surface area contributed by atoms with Gasteiger partial charge in [0.25, 0.3) is 5.56 Å². The van der Waals surface area contributed by atoms with E-state index >= 15 is 0 Å². The van der Waals surface area contributed by atoms with Crippen LogP contribution in [0.3, 0.4) is 0 Å². The van der Waals surface area contributed by atoms with Crippen molar-refractivity contribution in [2.75, 3.05) is 5.32 Å². The number of hydrogen-bond donors (Lipinski definition) is 1. The molecular weight excluding hydrogens is 262 g/mol. The predicted molar refractivity (Wildman–Crippen MR) is 72.0 cm³/mol. The van der Waals surface area contributed by atoms with Crippen LogP contribution in [0.4, 0.5) is 11.5 Å². The number of nitrogens with one attached hydrogen (secondary N) is 1. The summed E-state index contributed by atoms with van der Waals surface area (Å²) in [5.74, 6) is 0.466. The van der Waals surface area contributed by atoms with Gasteiger partial charge in [0, 0.05) is 26.4 Å². The average molecular weight is 273 g/mol. The van der Waals surface area contributed by atoms with Gasteiger partial charge in [-0.15, -0.1) is 0 Å². The molecule has 0 aliphatic heterocycles. The van der Waals surface area contributed by atoms with Crippen molar-refractivity contribution >= 4 is 22.5 Å². The number of aryl methyl sites for hydroxylation is 1. The summed E-state index contributed by atoms with van der Waals surface area (Å²) in [5, 5.41) is 7.01. The molecule has 0 aliphatic rings. The maximum atomic E-state index is 12.3. The second-order valence-electron chi connectivity index (χ2n) is 4.27. The minimum absolute atomic E-state index is 0.312. The minimum atomic E-state index is -0.423. The largest absolute Gasteiger partial charge is 0.363 e. The highest BCUT2D eigenvalue weighted by atomic mass is 16.5. The second kappa shape index (κ2) is 4.34. The van der Waals surface area contributed by atoms with Gasteiger partial charge in [-0.05, 0) is 6.07 Å². The molecule has 102 valence electrons. The molecule has 0 aromatic carbocycles. The molecule has 3 aromatic rings. The van der Waals surface area contributed by atoms with Crippen LogP contribution in [0, 0.1) is 0 Å². The average Bonchev–Trinajstić information content (AvgIpc) is 2.95. The molecule has 20 heavy (non-hydrogen) atoms. The van der Waals surface area contributed by atoms with Gasteiger partial charge < -0.3 is 9.84 Å². The van der Waals surface area contributed by atoms with Crippen LogP contribution in [0.5, 0.6) is 0 Å². The number of fused-ring (bicyclic) bond motifs is 1. The Morgan fingerprint density at radius 3 is 2.70 bits per heavy atom. The van der Waals surface area contributed by atoms with E-state index in [1.54, 1.807) is 19.2 Å². The van der Waals surface area contributed by atoms with Crippen LogP contribution in [-0.2, 0) is 14.1 Å². The van der Waals surface area contributed by atoms with E-state index in [2.05, 4.69) is 15.5 Å². The maximum absolute atomic E-state index is 12.3. The van der Waals surface area contributed by atoms with E-state index in [1.165, 1.54) is 24.1 Å². The van der Waals surface area contributed by atoms with Gasteiger partial charge in [-0.25, -0.2) is 9.78 Å². The molecule has 0 spiro atoms. The van der Waals surface area contributed by atoms with Crippen LogP contribution in [0.25, 0.3) is 11.0 Å². The first-order chi connectivity index (χ1) is 9.59. The van der Waals surface area contributed by atoms with Crippen molar-refractivity contribution in [1.82, 2.24) is 19.3 Å². The van der Waals surface area contributed by atoms with Gasteiger partial charge in [0.2, 0.25) is 0 Å². The molecule has 8 nitrogen and oxygen atoms in total. The Morgan fingerprint density at radius 1 is 1.20 bits per heavy atom. The molecular formula is C12H11N5O3. The highest BCUT2D eigenvalue weighted by Gasteiger charge is 2.13. The summed E-state index contributed by atoms with van der Waals surface area (Å²) in [6.07, 6.45) is 2.93. The lowest BCUT2D eigenvalue weighted by Crippen LogP contribution is -2.37. The van der Waals surface area contributed by atoms with Crippen LogP contribution >= 0.6 is 0 Å². The van der Waals surface area contributed by atoms with Crippen molar-refractivity contribution in [2.24, 2.45) is 14.1 Å². The molecule has 0 saturated carbocycles. The standard InChI is InChI=1S/C12H11N5O3/c1-16-10-9(11(18)17(2)12(16)19)7(3-5-13-10)14-8-4-6-20-15-8/h3-6H,1-2H3,(H,13,14,15). The number of aromatic nitrogens is 4. The lowest BCUT2D eigenvalue weighted by Gasteiger charge is -2.10. The number of anilines is 2. The maximum Gasteiger partial charge on any atom is 0.332 e. The molecule has 3 aromatic heterocycles. The van der Waals surface area contributed by atoms with Crippen molar-refractivity contribution < 1.29 is 4.52 Å². The van der Waals surface area contributed by atoms with E-state index in [-0.39, 0.29) is 0 Å². The monoisotopic (exact) mass is 273 g/mol. The summed E-state index contributed by atoms with van der Waals surface area (Å²) in [6, 6.07) is 3.27. The van der Waals surface area contributed by atoms with Crippen LogP contribution in [0.2, 0.25) is 0 Å². The third kappa shape index (κ3) is 1.69. The first-order valence-electron chi connectivity index (χ1n) is 5.81. The van der Waals surface area contributed by atoms with E-state index < -0.39 is 11.2 Å². The topological polar surface area (TPSA) is 94.9 Å². The zero-order valence-electron chi connectivity index (χ0n) is 10.8. The fourth-order valence-electron chi connectivity index (χ4n) is 2.01. The lowest BCUT2D eigenvalue weighted by molar-refractivity contribution is 0.423. The van der Waals surface area contributed by atoms with E-state index in [9.17, 15) is 9.59 Å². The zero-order valence-corrected chi connectivity index (χ0v) is 10.8. The Morgan fingerprint density at radius 2 is 2.00 bits per heavy atom. The Labute approximate surface area is 112 Å². The van der Waals surface area contributed by atoms with Crippen molar-refractivity contribution in [3.63, 3.8) is 0 Å². The predicted octanol–water partition coefficient (Wildman–Crippen LogP) is 0.364. The quantitative estimate of drug-likeness (QED) is 0.724. The number of nitrogens with zero attached hydrogens (tertiary/aromatic N) is 4. The van der Waals surface area contributed by atoms with Crippen LogP contribution < -0.4 is 16.6 Å². The second-order valence-corrected chi connectivity index (χ2v) is 4.27. The molecule has 0 amide bonds. The molecule has 1 N–H and O–H groups in total. The van der Waals surface area contributed by atoms with Gasteiger partial charge in [0.1, 0.15) is 11.6 Å². The highest BCUT2D eigenvalue weighted by Crippen LogP contribution is 2.20. The third-order valence-electron chi connectivity index (χ3n) is 3.04. The molecule has 0 saturated heterocycles. The van der Waals surface area contributed by atoms with E-state index in [1.807, 2.05) is 0 Å². The van der Waals surface area contributed by atoms with Crippen molar-refractivity contribution in [3.8, 4) is 0 Å². The normalized spacial score (nSPS) is 10.9. The van der Waals surface area contributed by atoms with Gasteiger partial charge in [-0.1, -0.05) is 5.16 Å². The molecule has 3 heterocycles. The first kappa shape index (κ1) is 12.2. The Kier molecular flexibility index (Phi) is 2.63. The molecule has 8 heteroatoms. The van der Waals surface area contributed by atoms with Crippen molar-refractivity contribution in [3.05, 3.63) is 45.4 Å². The smallest absolute Gasteiger partial charge is 0.332 e. The van der Waals surface area contributed by atoms with Gasteiger partial charge in [0.05, 0.1) is 5.69 Å². The van der Waals surface area contributed by atoms with Crippen LogP contribution in [0.1, 0.15) is 0 Å². The molecule has 0 bridgehead atoms. The Hall–Kier alpha value is -2.90. The summed E-state index contributed by atoms with van der Waals surface area (Å²) in [4.78, 5) is 28.2. The Balaban J connectivity index is 2.35. The molecule has 0 unspecified atom stereocenters. The van der Waals surface area contributed by atoms with E-state index in [4.69, 9.17) is 4.52 Å². The molecule has 3 rings (SSSR count). The number of hydrogen-bond acceptors (Lipinski definition) is 6. The Bertz CT molecular complexity index is 892. The van der Waals surface area contributed by atoms with Gasteiger partial charge >= 0.3 is 5.69 Å². The molecule has 0 atom stereocenters. The highest BCUT2D eigenvalue weighted by molar-refractivity contribution is 5.89. The lowest BCUT2D eigenvalue weighted by atomic mass is 10.2. The fourth-order valence-corrected chi connectivity index (χ4v) is 2.01. The summed E-state index contributed by atoms with van der Waals surface area (Å²) >= 11 is 0. The first-order valence-corrected chi connectivity index (χ1v) is 5.81. The molecule has 0 radical (unpaired) electrons. The van der Waals surface area contributed by atoms with Crippen molar-refractivity contribution in [1.29, 1.82) is 0 Å².